The van der Waals surface area contributed by atoms with Crippen molar-refractivity contribution < 1.29 is 9.84 Å². The second-order valence-corrected chi connectivity index (χ2v) is 7.35. The molecule has 2 rings (SSSR count). The van der Waals surface area contributed by atoms with E-state index in [2.05, 4.69) is 51.2 Å². The minimum absolute atomic E-state index is 0.142. The van der Waals surface area contributed by atoms with Gasteiger partial charge in [0, 0.05) is 48.8 Å². The van der Waals surface area contributed by atoms with Crippen molar-refractivity contribution in [2.75, 3.05) is 13.2 Å². The molecule has 0 spiro atoms. The van der Waals surface area contributed by atoms with E-state index in [1.165, 1.54) is 0 Å². The maximum atomic E-state index is 10.9. The Labute approximate surface area is 134 Å². The first-order chi connectivity index (χ1) is 10.2. The number of ether oxygens (including phenoxy) is 1. The highest BCUT2D eigenvalue weighted by Gasteiger charge is 2.59. The summed E-state index contributed by atoms with van der Waals surface area (Å²) in [4.78, 5) is 0. The summed E-state index contributed by atoms with van der Waals surface area (Å²) in [5.41, 5.74) is 0.211. The van der Waals surface area contributed by atoms with Gasteiger partial charge >= 0.3 is 0 Å². The molecule has 3 atom stereocenters. The summed E-state index contributed by atoms with van der Waals surface area (Å²) in [7, 11) is 0. The largest absolute Gasteiger partial charge is 0.388 e. The van der Waals surface area contributed by atoms with Gasteiger partial charge in [-0.25, -0.2) is 0 Å². The van der Waals surface area contributed by atoms with Gasteiger partial charge in [0.05, 0.1) is 17.9 Å². The van der Waals surface area contributed by atoms with Crippen LogP contribution < -0.4 is 5.32 Å². The Morgan fingerprint density at radius 3 is 2.64 bits per heavy atom. The SMILES string of the molecule is CCO[C@@H]1C[C@@](O)(CN[C@@H](C)c2cnn(C(C)C)c2)C1(C)C. The maximum Gasteiger partial charge on any atom is 0.0871 e. The predicted molar refractivity (Wildman–Crippen MR) is 87.8 cm³/mol. The first-order valence-corrected chi connectivity index (χ1v) is 8.32. The number of nitrogens with one attached hydrogen (secondary N) is 1. The van der Waals surface area contributed by atoms with Crippen LogP contribution in [-0.4, -0.2) is 39.7 Å². The Bertz CT molecular complexity index is 498. The number of hydrogen-bond donors (Lipinski definition) is 2. The van der Waals surface area contributed by atoms with Gasteiger partial charge < -0.3 is 15.2 Å². The highest BCUT2D eigenvalue weighted by molar-refractivity contribution is 5.14. The molecule has 1 aliphatic rings. The first kappa shape index (κ1) is 17.4. The van der Waals surface area contributed by atoms with E-state index in [9.17, 15) is 5.11 Å². The Morgan fingerprint density at radius 1 is 1.45 bits per heavy atom. The smallest absolute Gasteiger partial charge is 0.0871 e. The van der Waals surface area contributed by atoms with Crippen LogP contribution in [0.5, 0.6) is 0 Å². The topological polar surface area (TPSA) is 59.3 Å². The summed E-state index contributed by atoms with van der Waals surface area (Å²) in [6, 6.07) is 0.529. The van der Waals surface area contributed by atoms with Crippen molar-refractivity contribution in [2.24, 2.45) is 5.41 Å². The Morgan fingerprint density at radius 2 is 2.14 bits per heavy atom. The van der Waals surface area contributed by atoms with Gasteiger partial charge in [0.1, 0.15) is 0 Å². The van der Waals surface area contributed by atoms with Crippen LogP contribution in [0, 0.1) is 5.41 Å². The summed E-state index contributed by atoms with van der Waals surface area (Å²) in [6.45, 7) is 13.8. The van der Waals surface area contributed by atoms with E-state index in [-0.39, 0.29) is 17.6 Å². The Balaban J connectivity index is 1.92. The molecule has 0 aliphatic heterocycles. The summed E-state index contributed by atoms with van der Waals surface area (Å²) >= 11 is 0. The molecule has 2 N–H and O–H groups in total. The zero-order valence-electron chi connectivity index (χ0n) is 14.8. The van der Waals surface area contributed by atoms with Crippen LogP contribution in [0.1, 0.15) is 65.6 Å². The minimum Gasteiger partial charge on any atom is -0.388 e. The van der Waals surface area contributed by atoms with Crippen molar-refractivity contribution in [1.82, 2.24) is 15.1 Å². The average molecular weight is 309 g/mol. The van der Waals surface area contributed by atoms with E-state index in [1.54, 1.807) is 0 Å². The van der Waals surface area contributed by atoms with Crippen LogP contribution in [0.3, 0.4) is 0 Å². The molecule has 5 heteroatoms. The standard InChI is InChI=1S/C17H31N3O2/c1-7-22-15-8-17(21,16(15,5)6)11-18-13(4)14-9-19-20(10-14)12(2)3/h9-10,12-13,15,18,21H,7-8,11H2,1-6H3/t13-,15+,17+/m0/s1. The van der Waals surface area contributed by atoms with Gasteiger partial charge in [-0.05, 0) is 27.7 Å². The predicted octanol–water partition coefficient (Wildman–Crippen LogP) is 2.68. The van der Waals surface area contributed by atoms with Crippen LogP contribution in [0.2, 0.25) is 0 Å². The summed E-state index contributed by atoms with van der Waals surface area (Å²) < 4.78 is 7.67. The van der Waals surface area contributed by atoms with Crippen LogP contribution in [0.4, 0.5) is 0 Å². The van der Waals surface area contributed by atoms with Crippen LogP contribution >= 0.6 is 0 Å². The minimum atomic E-state index is -0.713. The van der Waals surface area contributed by atoms with E-state index in [4.69, 9.17) is 4.74 Å². The third-order valence-corrected chi connectivity index (χ3v) is 5.25. The summed E-state index contributed by atoms with van der Waals surface area (Å²) in [5.74, 6) is 0. The van der Waals surface area contributed by atoms with Crippen molar-refractivity contribution in [3.8, 4) is 0 Å². The molecule has 5 nitrogen and oxygen atoms in total. The lowest BCUT2D eigenvalue weighted by molar-refractivity contribution is -0.238. The monoisotopic (exact) mass is 309 g/mol. The fourth-order valence-corrected chi connectivity index (χ4v) is 3.06. The molecule has 0 saturated heterocycles. The van der Waals surface area contributed by atoms with Crippen molar-refractivity contribution in [1.29, 1.82) is 0 Å². The van der Waals surface area contributed by atoms with E-state index < -0.39 is 5.60 Å². The molecule has 0 aromatic carbocycles. The highest BCUT2D eigenvalue weighted by atomic mass is 16.5. The van der Waals surface area contributed by atoms with Gasteiger partial charge in [-0.15, -0.1) is 0 Å². The van der Waals surface area contributed by atoms with E-state index in [0.29, 0.717) is 25.6 Å². The molecule has 126 valence electrons. The molecule has 1 aliphatic carbocycles. The van der Waals surface area contributed by atoms with Gasteiger partial charge in [-0.1, -0.05) is 13.8 Å². The van der Waals surface area contributed by atoms with Gasteiger partial charge in [0.15, 0.2) is 0 Å². The highest BCUT2D eigenvalue weighted by Crippen LogP contribution is 2.51. The van der Waals surface area contributed by atoms with Crippen molar-refractivity contribution >= 4 is 0 Å². The molecule has 0 amide bonds. The van der Waals surface area contributed by atoms with E-state index >= 15 is 0 Å². The number of hydrogen-bond acceptors (Lipinski definition) is 4. The van der Waals surface area contributed by atoms with E-state index in [0.717, 1.165) is 5.56 Å². The number of nitrogens with zero attached hydrogens (tertiary/aromatic N) is 2. The van der Waals surface area contributed by atoms with Gasteiger partial charge in [0.25, 0.3) is 0 Å². The van der Waals surface area contributed by atoms with Crippen LogP contribution in [0.25, 0.3) is 0 Å². The lowest BCUT2D eigenvalue weighted by atomic mass is 9.56. The number of rotatable bonds is 7. The molecule has 1 saturated carbocycles. The average Bonchev–Trinajstić information content (AvgIpc) is 2.94. The second kappa shape index (κ2) is 6.30. The maximum absolute atomic E-state index is 10.9. The molecular weight excluding hydrogens is 278 g/mol. The van der Waals surface area contributed by atoms with Gasteiger partial charge in [-0.2, -0.15) is 5.10 Å². The van der Waals surface area contributed by atoms with Crippen molar-refractivity contribution in [2.45, 2.75) is 71.8 Å². The Hall–Kier alpha value is -0.910. The molecule has 1 aromatic heterocycles. The van der Waals surface area contributed by atoms with Gasteiger partial charge in [-0.3, -0.25) is 4.68 Å². The fourth-order valence-electron chi connectivity index (χ4n) is 3.06. The molecule has 1 heterocycles. The van der Waals surface area contributed by atoms with Crippen LogP contribution in [-0.2, 0) is 4.74 Å². The number of aliphatic hydroxyl groups is 1. The summed E-state index contributed by atoms with van der Waals surface area (Å²) in [5, 5.41) is 18.7. The third-order valence-electron chi connectivity index (χ3n) is 5.25. The quantitative estimate of drug-likeness (QED) is 0.813. The summed E-state index contributed by atoms with van der Waals surface area (Å²) in [6.07, 6.45) is 4.81. The molecule has 22 heavy (non-hydrogen) atoms. The molecule has 1 aromatic rings. The first-order valence-electron chi connectivity index (χ1n) is 8.32. The lowest BCUT2D eigenvalue weighted by Crippen LogP contribution is -2.68. The van der Waals surface area contributed by atoms with Crippen molar-refractivity contribution in [3.05, 3.63) is 18.0 Å². The molecule has 0 radical (unpaired) electrons. The van der Waals surface area contributed by atoms with Gasteiger partial charge in [0.2, 0.25) is 0 Å². The normalized spacial score (nSPS) is 28.6. The van der Waals surface area contributed by atoms with E-state index in [1.807, 2.05) is 17.8 Å². The lowest BCUT2D eigenvalue weighted by Gasteiger charge is -2.58. The molecular formula is C17H31N3O2. The Kier molecular flexibility index (Phi) is 5.00. The zero-order valence-corrected chi connectivity index (χ0v) is 14.8. The number of aromatic nitrogens is 2. The van der Waals surface area contributed by atoms with Crippen molar-refractivity contribution in [3.63, 3.8) is 0 Å². The molecule has 0 bridgehead atoms. The molecule has 1 fully saturated rings. The molecule has 0 unspecified atom stereocenters. The fraction of sp³-hybridized carbons (Fsp3) is 0.824. The third kappa shape index (κ3) is 3.07. The zero-order chi connectivity index (χ0) is 16.5. The second-order valence-electron chi connectivity index (χ2n) is 7.35. The van der Waals surface area contributed by atoms with Crippen LogP contribution in [0.15, 0.2) is 12.4 Å².